The third-order valence-electron chi connectivity index (χ3n) is 2.37. The van der Waals surface area contributed by atoms with E-state index in [0.29, 0.717) is 17.1 Å². The van der Waals surface area contributed by atoms with E-state index in [0.717, 1.165) is 0 Å². The van der Waals surface area contributed by atoms with Crippen molar-refractivity contribution in [1.29, 1.82) is 5.26 Å². The molecule has 2 aromatic rings. The maximum Gasteiger partial charge on any atom is 0.293 e. The van der Waals surface area contributed by atoms with Crippen molar-refractivity contribution in [3.05, 3.63) is 42.1 Å². The first-order valence-corrected chi connectivity index (χ1v) is 5.52. The number of aromatic nitrogens is 1. The number of hydrogen-bond donors (Lipinski definition) is 1. The van der Waals surface area contributed by atoms with Crippen LogP contribution in [0.15, 0.2) is 35.1 Å². The number of ether oxygens (including phenoxy) is 1. The molecule has 0 aliphatic rings. The highest BCUT2D eigenvalue weighted by molar-refractivity contribution is 6.02. The largest absolute Gasteiger partial charge is 0.479 e. The lowest BCUT2D eigenvalue weighted by Crippen LogP contribution is -2.12. The Morgan fingerprint density at radius 3 is 2.79 bits per heavy atom. The van der Waals surface area contributed by atoms with Crippen molar-refractivity contribution in [2.45, 2.75) is 6.92 Å². The second kappa shape index (κ2) is 5.69. The molecule has 6 heteroatoms. The number of carbonyl (C=O) groups excluding carboxylic acids is 1. The molecular weight excluding hydrogens is 246 g/mol. The molecule has 6 nitrogen and oxygen atoms in total. The van der Waals surface area contributed by atoms with Gasteiger partial charge in [0.15, 0.2) is 13.0 Å². The minimum absolute atomic E-state index is 0.0109. The number of hydrogen-bond acceptors (Lipinski definition) is 5. The maximum absolute atomic E-state index is 11.8. The van der Waals surface area contributed by atoms with E-state index in [-0.39, 0.29) is 18.3 Å². The van der Waals surface area contributed by atoms with Crippen molar-refractivity contribution in [2.75, 3.05) is 11.9 Å². The van der Waals surface area contributed by atoms with Crippen molar-refractivity contribution in [3.63, 3.8) is 0 Å². The average molecular weight is 257 g/mol. The van der Waals surface area contributed by atoms with Gasteiger partial charge in [-0.25, -0.2) is 4.98 Å². The third kappa shape index (κ3) is 3.10. The minimum atomic E-state index is -0.360. The topological polar surface area (TPSA) is 88.2 Å². The van der Waals surface area contributed by atoms with E-state index in [2.05, 4.69) is 10.3 Å². The van der Waals surface area contributed by atoms with Crippen molar-refractivity contribution < 1.29 is 13.9 Å². The van der Waals surface area contributed by atoms with Gasteiger partial charge in [-0.2, -0.15) is 5.26 Å². The molecule has 0 spiro atoms. The predicted octanol–water partition coefficient (Wildman–Crippen LogP) is 2.14. The normalized spacial score (nSPS) is 9.68. The second-order valence-electron chi connectivity index (χ2n) is 3.69. The molecule has 0 bridgehead atoms. The Morgan fingerprint density at radius 2 is 2.21 bits per heavy atom. The van der Waals surface area contributed by atoms with Gasteiger partial charge < -0.3 is 14.5 Å². The Morgan fingerprint density at radius 1 is 1.47 bits per heavy atom. The molecule has 0 aliphatic heterocycles. The van der Waals surface area contributed by atoms with Crippen LogP contribution >= 0.6 is 0 Å². The monoisotopic (exact) mass is 257 g/mol. The first kappa shape index (κ1) is 12.6. The van der Waals surface area contributed by atoms with E-state index in [9.17, 15) is 4.79 Å². The van der Waals surface area contributed by atoms with E-state index in [1.54, 1.807) is 31.2 Å². The Labute approximate surface area is 109 Å². The zero-order chi connectivity index (χ0) is 13.7. The van der Waals surface area contributed by atoms with Gasteiger partial charge in [-0.15, -0.1) is 0 Å². The molecule has 0 fully saturated rings. The fourth-order valence-corrected chi connectivity index (χ4v) is 1.46. The Balaban J connectivity index is 2.02. The quantitative estimate of drug-likeness (QED) is 0.906. The van der Waals surface area contributed by atoms with Crippen molar-refractivity contribution in [1.82, 2.24) is 4.98 Å². The number of carbonyl (C=O) groups is 1. The van der Waals surface area contributed by atoms with Crippen LogP contribution in [0.3, 0.4) is 0 Å². The summed E-state index contributed by atoms with van der Waals surface area (Å²) in [6.45, 7) is 1.68. The fourth-order valence-electron chi connectivity index (χ4n) is 1.46. The number of nitriles is 1. The first-order valence-electron chi connectivity index (χ1n) is 5.52. The van der Waals surface area contributed by atoms with Gasteiger partial charge in [-0.05, 0) is 31.2 Å². The first-order chi connectivity index (χ1) is 9.20. The van der Waals surface area contributed by atoms with Gasteiger partial charge in [0.2, 0.25) is 5.76 Å². The molecular formula is C13H11N3O3. The number of rotatable bonds is 4. The lowest BCUT2D eigenvalue weighted by atomic mass is 10.3. The predicted molar refractivity (Wildman–Crippen MR) is 66.7 cm³/mol. The smallest absolute Gasteiger partial charge is 0.293 e. The van der Waals surface area contributed by atoms with E-state index in [4.69, 9.17) is 14.4 Å². The highest BCUT2D eigenvalue weighted by Crippen LogP contribution is 2.17. The number of nitrogens with one attached hydrogen (secondary N) is 1. The van der Waals surface area contributed by atoms with Crippen LogP contribution in [0.5, 0.6) is 5.75 Å². The summed E-state index contributed by atoms with van der Waals surface area (Å²) in [7, 11) is 0. The van der Waals surface area contributed by atoms with E-state index in [1.165, 1.54) is 6.39 Å². The summed E-state index contributed by atoms with van der Waals surface area (Å²) in [5.41, 5.74) is 1.14. The van der Waals surface area contributed by atoms with Crippen molar-refractivity contribution >= 4 is 11.6 Å². The van der Waals surface area contributed by atoms with E-state index in [1.807, 2.05) is 6.07 Å². The number of amides is 1. The molecule has 19 heavy (non-hydrogen) atoms. The number of benzene rings is 1. The zero-order valence-corrected chi connectivity index (χ0v) is 10.2. The standard InChI is InChI=1S/C13H11N3O3/c1-9-12(19-8-15-9)13(17)16-10-2-4-11(5-3-10)18-7-6-14/h2-5,8H,7H2,1H3,(H,16,17). The summed E-state index contributed by atoms with van der Waals surface area (Å²) in [6, 6.07) is 8.56. The van der Waals surface area contributed by atoms with Crippen LogP contribution in [0.2, 0.25) is 0 Å². The van der Waals surface area contributed by atoms with Crippen LogP contribution in [0.25, 0.3) is 0 Å². The summed E-state index contributed by atoms with van der Waals surface area (Å²) in [5.74, 6) is 0.390. The Bertz CT molecular complexity index is 611. The molecule has 96 valence electrons. The molecule has 1 N–H and O–H groups in total. The molecule has 1 aromatic carbocycles. The zero-order valence-electron chi connectivity index (χ0n) is 10.2. The highest BCUT2D eigenvalue weighted by atomic mass is 16.5. The van der Waals surface area contributed by atoms with E-state index < -0.39 is 0 Å². The molecule has 2 rings (SSSR count). The van der Waals surface area contributed by atoms with Crippen LogP contribution in [0.4, 0.5) is 5.69 Å². The summed E-state index contributed by atoms with van der Waals surface area (Å²) in [5, 5.41) is 11.1. The molecule has 0 aliphatic carbocycles. The van der Waals surface area contributed by atoms with Gasteiger partial charge >= 0.3 is 0 Å². The Kier molecular flexibility index (Phi) is 3.78. The number of nitrogens with zero attached hydrogens (tertiary/aromatic N) is 2. The van der Waals surface area contributed by atoms with E-state index >= 15 is 0 Å². The highest BCUT2D eigenvalue weighted by Gasteiger charge is 2.13. The molecule has 0 saturated carbocycles. The molecule has 1 aromatic heterocycles. The van der Waals surface area contributed by atoms with Gasteiger partial charge in [0.05, 0.1) is 5.69 Å². The van der Waals surface area contributed by atoms with Gasteiger partial charge in [0, 0.05) is 5.69 Å². The summed E-state index contributed by atoms with van der Waals surface area (Å²) in [4.78, 5) is 15.7. The summed E-state index contributed by atoms with van der Waals surface area (Å²) >= 11 is 0. The van der Waals surface area contributed by atoms with Gasteiger partial charge in [-0.1, -0.05) is 0 Å². The maximum atomic E-state index is 11.8. The van der Waals surface area contributed by atoms with Gasteiger partial charge in [-0.3, -0.25) is 4.79 Å². The third-order valence-corrected chi connectivity index (χ3v) is 2.37. The lowest BCUT2D eigenvalue weighted by Gasteiger charge is -2.05. The van der Waals surface area contributed by atoms with Crippen LogP contribution < -0.4 is 10.1 Å². The summed E-state index contributed by atoms with van der Waals surface area (Å²) < 4.78 is 10.1. The van der Waals surface area contributed by atoms with Gasteiger partial charge in [0.25, 0.3) is 5.91 Å². The molecule has 0 atom stereocenters. The minimum Gasteiger partial charge on any atom is -0.479 e. The van der Waals surface area contributed by atoms with Crippen molar-refractivity contribution in [2.24, 2.45) is 0 Å². The summed E-state index contributed by atoms with van der Waals surface area (Å²) in [6.07, 6.45) is 1.23. The number of oxazole rings is 1. The van der Waals surface area contributed by atoms with Crippen LogP contribution in [-0.4, -0.2) is 17.5 Å². The van der Waals surface area contributed by atoms with Crippen molar-refractivity contribution in [3.8, 4) is 11.8 Å². The molecule has 0 saturated heterocycles. The fraction of sp³-hybridized carbons (Fsp3) is 0.154. The SMILES string of the molecule is Cc1ncoc1C(=O)Nc1ccc(OCC#N)cc1. The second-order valence-corrected chi connectivity index (χ2v) is 3.69. The Hall–Kier alpha value is -2.81. The number of anilines is 1. The van der Waals surface area contributed by atoms with Crippen LogP contribution in [0, 0.1) is 18.3 Å². The van der Waals surface area contributed by atoms with Gasteiger partial charge in [0.1, 0.15) is 11.8 Å². The van der Waals surface area contributed by atoms with Crippen LogP contribution in [0.1, 0.15) is 16.2 Å². The molecule has 1 heterocycles. The molecule has 0 radical (unpaired) electrons. The average Bonchev–Trinajstić information content (AvgIpc) is 2.84. The van der Waals surface area contributed by atoms with Crippen LogP contribution in [-0.2, 0) is 0 Å². The molecule has 0 unspecified atom stereocenters. The lowest BCUT2D eigenvalue weighted by molar-refractivity contribution is 0.0996. The number of aryl methyl sites for hydroxylation is 1. The molecule has 1 amide bonds.